The van der Waals surface area contributed by atoms with Gasteiger partial charge in [0.25, 0.3) is 5.91 Å². The van der Waals surface area contributed by atoms with Crippen LogP contribution in [-0.4, -0.2) is 55.1 Å². The van der Waals surface area contributed by atoms with Gasteiger partial charge in [-0.05, 0) is 31.2 Å². The summed E-state index contributed by atoms with van der Waals surface area (Å²) in [6.45, 7) is 4.76. The van der Waals surface area contributed by atoms with Gasteiger partial charge in [-0.1, -0.05) is 36.4 Å². The molecule has 1 N–H and O–H groups in total. The monoisotopic (exact) mass is 442 g/mol. The Morgan fingerprint density at radius 3 is 2.38 bits per heavy atom. The van der Waals surface area contributed by atoms with Gasteiger partial charge in [0.1, 0.15) is 0 Å². The molecule has 5 nitrogen and oxygen atoms in total. The molecule has 32 heavy (non-hydrogen) atoms. The number of anilines is 1. The van der Waals surface area contributed by atoms with Crippen LogP contribution < -0.4 is 10.2 Å². The number of benzene rings is 2. The van der Waals surface area contributed by atoms with Gasteiger partial charge in [-0.25, -0.2) is 0 Å². The van der Waals surface area contributed by atoms with Crippen LogP contribution in [0.1, 0.15) is 22.3 Å². The molecule has 2 heterocycles. The van der Waals surface area contributed by atoms with E-state index in [9.17, 15) is 18.0 Å². The Kier molecular flexibility index (Phi) is 6.60. The maximum atomic E-state index is 13.7. The van der Waals surface area contributed by atoms with E-state index in [-0.39, 0.29) is 10.9 Å². The first-order chi connectivity index (χ1) is 15.4. The van der Waals surface area contributed by atoms with Crippen molar-refractivity contribution in [3.8, 4) is 0 Å². The minimum absolute atomic E-state index is 0.0658. The third kappa shape index (κ3) is 5.02. The highest BCUT2D eigenvalue weighted by molar-refractivity contribution is 6.00. The van der Waals surface area contributed by atoms with Gasteiger partial charge in [-0.2, -0.15) is 13.2 Å². The summed E-state index contributed by atoms with van der Waals surface area (Å²) in [6.07, 6.45) is -2.96. The van der Waals surface area contributed by atoms with Crippen LogP contribution in [0.5, 0.6) is 0 Å². The van der Waals surface area contributed by atoms with Crippen molar-refractivity contribution in [2.24, 2.45) is 0 Å². The van der Waals surface area contributed by atoms with E-state index in [0.717, 1.165) is 38.9 Å². The number of amides is 1. The van der Waals surface area contributed by atoms with Crippen molar-refractivity contribution >= 4 is 22.5 Å². The summed E-state index contributed by atoms with van der Waals surface area (Å²) in [7, 11) is 0. The smallest absolute Gasteiger partial charge is 0.369 e. The molecule has 0 unspecified atom stereocenters. The van der Waals surface area contributed by atoms with E-state index in [1.165, 1.54) is 23.9 Å². The lowest BCUT2D eigenvalue weighted by Crippen LogP contribution is -2.47. The summed E-state index contributed by atoms with van der Waals surface area (Å²) in [5.41, 5.74) is 0.0557. The van der Waals surface area contributed by atoms with Crippen LogP contribution in [0, 0.1) is 0 Å². The molecule has 4 rings (SSSR count). The van der Waals surface area contributed by atoms with Gasteiger partial charge in [0, 0.05) is 50.0 Å². The van der Waals surface area contributed by atoms with E-state index in [2.05, 4.69) is 32.2 Å². The van der Waals surface area contributed by atoms with Crippen LogP contribution >= 0.6 is 0 Å². The van der Waals surface area contributed by atoms with Crippen molar-refractivity contribution in [3.63, 3.8) is 0 Å². The number of nitrogens with one attached hydrogen (secondary N) is 1. The summed E-state index contributed by atoms with van der Waals surface area (Å²) in [4.78, 5) is 21.2. The standard InChI is InChI=1S/C24H25F3N4O/c25-24(26,27)22-19-9-4-5-10-21(19)29-17-20(22)23(32)28-11-6-12-30-13-15-31(16-14-30)18-7-2-1-3-8-18/h1-5,7-10,17H,6,11-16H2,(H,28,32). The van der Waals surface area contributed by atoms with Crippen molar-refractivity contribution in [3.05, 3.63) is 71.9 Å². The zero-order valence-electron chi connectivity index (χ0n) is 17.6. The number of nitrogens with zero attached hydrogens (tertiary/aromatic N) is 3. The lowest BCUT2D eigenvalue weighted by atomic mass is 10.0. The maximum absolute atomic E-state index is 13.7. The number of hydrogen-bond acceptors (Lipinski definition) is 4. The summed E-state index contributed by atoms with van der Waals surface area (Å²) in [5.74, 6) is -0.746. The Labute approximate surface area is 184 Å². The van der Waals surface area contributed by atoms with Gasteiger partial charge in [-0.3, -0.25) is 14.7 Å². The highest BCUT2D eigenvalue weighted by Crippen LogP contribution is 2.36. The fraction of sp³-hybridized carbons (Fsp3) is 0.333. The first kappa shape index (κ1) is 22.1. The molecule has 3 aromatic rings. The lowest BCUT2D eigenvalue weighted by Gasteiger charge is -2.36. The van der Waals surface area contributed by atoms with Gasteiger partial charge >= 0.3 is 6.18 Å². The molecule has 0 aliphatic carbocycles. The number of alkyl halides is 3. The topological polar surface area (TPSA) is 48.5 Å². The molecule has 1 saturated heterocycles. The SMILES string of the molecule is O=C(NCCCN1CCN(c2ccccc2)CC1)c1cnc2ccccc2c1C(F)(F)F. The van der Waals surface area contributed by atoms with Gasteiger partial charge in [0.15, 0.2) is 0 Å². The Bertz CT molecular complexity index is 1060. The Morgan fingerprint density at radius 1 is 0.969 bits per heavy atom. The molecular weight excluding hydrogens is 417 g/mol. The second-order valence-corrected chi connectivity index (χ2v) is 7.84. The van der Waals surface area contributed by atoms with E-state index in [0.29, 0.717) is 13.0 Å². The highest BCUT2D eigenvalue weighted by atomic mass is 19.4. The van der Waals surface area contributed by atoms with E-state index in [4.69, 9.17) is 0 Å². The summed E-state index contributed by atoms with van der Waals surface area (Å²) in [6, 6.07) is 16.2. The molecule has 1 aliphatic rings. The molecule has 0 radical (unpaired) electrons. The van der Waals surface area contributed by atoms with Crippen LogP contribution in [0.2, 0.25) is 0 Å². The van der Waals surface area contributed by atoms with Crippen LogP contribution in [0.15, 0.2) is 60.8 Å². The predicted molar refractivity (Wildman–Crippen MR) is 119 cm³/mol. The molecule has 0 spiro atoms. The van der Waals surface area contributed by atoms with Crippen LogP contribution in [0.3, 0.4) is 0 Å². The number of carbonyl (C=O) groups is 1. The second kappa shape index (κ2) is 9.56. The molecule has 8 heteroatoms. The fourth-order valence-corrected chi connectivity index (χ4v) is 4.09. The normalized spacial score (nSPS) is 15.2. The first-order valence-corrected chi connectivity index (χ1v) is 10.7. The Balaban J connectivity index is 1.30. The molecule has 1 fully saturated rings. The molecule has 0 atom stereocenters. The van der Waals surface area contributed by atoms with Crippen LogP contribution in [0.4, 0.5) is 18.9 Å². The Hall–Kier alpha value is -3.13. The fourth-order valence-electron chi connectivity index (χ4n) is 4.09. The van der Waals surface area contributed by atoms with Crippen molar-refractivity contribution in [2.75, 3.05) is 44.2 Å². The van der Waals surface area contributed by atoms with Crippen LogP contribution in [0.25, 0.3) is 10.9 Å². The predicted octanol–water partition coefficient (Wildman–Crippen LogP) is 4.20. The minimum Gasteiger partial charge on any atom is -0.369 e. The van der Waals surface area contributed by atoms with Gasteiger partial charge in [0.05, 0.1) is 16.6 Å². The molecule has 1 aliphatic heterocycles. The first-order valence-electron chi connectivity index (χ1n) is 10.7. The molecule has 1 amide bonds. The van der Waals surface area contributed by atoms with E-state index in [1.54, 1.807) is 6.07 Å². The average Bonchev–Trinajstić information content (AvgIpc) is 2.81. The van der Waals surface area contributed by atoms with Crippen molar-refractivity contribution in [1.29, 1.82) is 0 Å². The largest absolute Gasteiger partial charge is 0.417 e. The molecule has 0 bridgehead atoms. The zero-order chi connectivity index (χ0) is 22.6. The second-order valence-electron chi connectivity index (χ2n) is 7.84. The third-order valence-electron chi connectivity index (χ3n) is 5.73. The molecule has 0 saturated carbocycles. The number of aromatic nitrogens is 1. The number of hydrogen-bond donors (Lipinski definition) is 1. The van der Waals surface area contributed by atoms with Gasteiger partial charge < -0.3 is 10.2 Å². The molecule has 168 valence electrons. The van der Waals surface area contributed by atoms with Crippen molar-refractivity contribution in [1.82, 2.24) is 15.2 Å². The number of rotatable bonds is 6. The van der Waals surface area contributed by atoms with E-state index in [1.807, 2.05) is 18.2 Å². The zero-order valence-corrected chi connectivity index (χ0v) is 17.6. The van der Waals surface area contributed by atoms with Crippen molar-refractivity contribution in [2.45, 2.75) is 12.6 Å². The number of para-hydroxylation sites is 2. The number of carbonyl (C=O) groups excluding carboxylic acids is 1. The lowest BCUT2D eigenvalue weighted by molar-refractivity contribution is -0.136. The van der Waals surface area contributed by atoms with E-state index < -0.39 is 23.2 Å². The molecule has 1 aromatic heterocycles. The van der Waals surface area contributed by atoms with E-state index >= 15 is 0 Å². The summed E-state index contributed by atoms with van der Waals surface area (Å²) in [5, 5.41) is 2.57. The number of piperazine rings is 1. The molecular formula is C24H25F3N4O. The molecule has 2 aromatic carbocycles. The number of pyridine rings is 1. The van der Waals surface area contributed by atoms with Gasteiger partial charge in [0.2, 0.25) is 0 Å². The van der Waals surface area contributed by atoms with Crippen molar-refractivity contribution < 1.29 is 18.0 Å². The summed E-state index contributed by atoms with van der Waals surface area (Å²) >= 11 is 0. The van der Waals surface area contributed by atoms with Crippen LogP contribution in [-0.2, 0) is 6.18 Å². The average molecular weight is 442 g/mol. The highest BCUT2D eigenvalue weighted by Gasteiger charge is 2.37. The quantitative estimate of drug-likeness (QED) is 0.582. The third-order valence-corrected chi connectivity index (χ3v) is 5.73. The summed E-state index contributed by atoms with van der Waals surface area (Å²) < 4.78 is 41.1. The number of fused-ring (bicyclic) bond motifs is 1. The number of halogens is 3. The Morgan fingerprint density at radius 2 is 1.66 bits per heavy atom. The minimum atomic E-state index is -4.65. The maximum Gasteiger partial charge on any atom is 0.417 e. The van der Waals surface area contributed by atoms with Gasteiger partial charge in [-0.15, -0.1) is 0 Å².